The monoisotopic (exact) mass is 779 g/mol. The summed E-state index contributed by atoms with van der Waals surface area (Å²) in [6.45, 7) is 17.1. The molecule has 5 heterocycles. The summed E-state index contributed by atoms with van der Waals surface area (Å²) in [6.07, 6.45) is 5.56. The standard InChI is InChI=1S/C42H61N5O9/c1-11-42-22-53-39(51)30(8)35(49)28(6)37(55-40-36(50)33(45(9)10)19-27(5)54-40)25(3)18-24(2)34(48)29(7)38(42)47(41(52)56-42)17-13-12-16-46-21-32(44-23-46)31-15-14-26(4)43-20-31/h11,14-15,20-21,23-25,27-30,33,36-38,40,50H,1,12-13,16-19,22H2,2-10H3/t24?,25?,27-,28?,29?,30?,33+,36-,37?,38?,40?,42?/m1/s1. The predicted octanol–water partition coefficient (Wildman–Crippen LogP) is 4.86. The molecule has 0 aromatic carbocycles. The van der Waals surface area contributed by atoms with Gasteiger partial charge in [0.1, 0.15) is 24.4 Å². The number of cyclic esters (lactones) is 1. The number of aryl methyl sites for hydroxylation is 2. The number of rotatable bonds is 10. The van der Waals surface area contributed by atoms with Gasteiger partial charge < -0.3 is 33.5 Å². The molecule has 2 aromatic heterocycles. The van der Waals surface area contributed by atoms with Crippen molar-refractivity contribution in [1.29, 1.82) is 0 Å². The normalized spacial score (nSPS) is 34.8. The van der Waals surface area contributed by atoms with E-state index >= 15 is 0 Å². The second-order valence-electron chi connectivity index (χ2n) is 16.6. The number of likely N-dealkylation sites (N-methyl/N-ethyl adjacent to an activating group) is 1. The summed E-state index contributed by atoms with van der Waals surface area (Å²) in [7, 11) is 3.77. The van der Waals surface area contributed by atoms with Gasteiger partial charge in [0.15, 0.2) is 17.7 Å². The van der Waals surface area contributed by atoms with Crippen molar-refractivity contribution < 1.29 is 43.2 Å². The van der Waals surface area contributed by atoms with Crippen molar-refractivity contribution >= 4 is 23.6 Å². The van der Waals surface area contributed by atoms with Gasteiger partial charge in [0.05, 0.1) is 30.3 Å². The molecule has 2 aromatic rings. The zero-order chi connectivity index (χ0) is 41.1. The number of unbranched alkanes of at least 4 members (excludes halogenated alkanes) is 1. The Morgan fingerprint density at radius 1 is 1.00 bits per heavy atom. The van der Waals surface area contributed by atoms with Crippen LogP contribution in [-0.2, 0) is 39.9 Å². The topological polar surface area (TPSA) is 163 Å². The molecule has 56 heavy (non-hydrogen) atoms. The molecule has 9 unspecified atom stereocenters. The fourth-order valence-corrected chi connectivity index (χ4v) is 8.69. The zero-order valence-electron chi connectivity index (χ0n) is 34.4. The lowest BCUT2D eigenvalue weighted by Crippen LogP contribution is -2.56. The molecule has 3 fully saturated rings. The minimum Gasteiger partial charge on any atom is -0.460 e. The van der Waals surface area contributed by atoms with Gasteiger partial charge in [-0.15, -0.1) is 0 Å². The Balaban J connectivity index is 1.35. The second kappa shape index (κ2) is 18.1. The first kappa shape index (κ1) is 43.1. The van der Waals surface area contributed by atoms with Crippen LogP contribution in [0.3, 0.4) is 0 Å². The third-order valence-electron chi connectivity index (χ3n) is 12.0. The first-order valence-electron chi connectivity index (χ1n) is 19.9. The van der Waals surface area contributed by atoms with Crippen molar-refractivity contribution in [3.63, 3.8) is 0 Å². The molecule has 5 rings (SSSR count). The highest BCUT2D eigenvalue weighted by Crippen LogP contribution is 2.40. The van der Waals surface area contributed by atoms with E-state index in [1.807, 2.05) is 69.6 Å². The molecule has 0 radical (unpaired) electrons. The number of ether oxygens (including phenoxy) is 4. The van der Waals surface area contributed by atoms with E-state index in [-0.39, 0.29) is 30.4 Å². The Hall–Kier alpha value is -3.98. The van der Waals surface area contributed by atoms with E-state index in [1.165, 1.54) is 13.0 Å². The number of pyridine rings is 1. The number of Topliss-reactive ketones (excluding diaryl/α,β-unsaturated/α-hetero) is 2. The van der Waals surface area contributed by atoms with Gasteiger partial charge in [0.25, 0.3) is 0 Å². The van der Waals surface area contributed by atoms with Gasteiger partial charge in [-0.3, -0.25) is 24.3 Å². The minimum atomic E-state index is -1.52. The molecule has 14 heteroatoms. The Kier molecular flexibility index (Phi) is 13.9. The van der Waals surface area contributed by atoms with Crippen LogP contribution in [0.2, 0.25) is 0 Å². The molecular formula is C42H61N5O9. The third-order valence-corrected chi connectivity index (χ3v) is 12.0. The third kappa shape index (κ3) is 9.25. The molecule has 0 aliphatic carbocycles. The predicted molar refractivity (Wildman–Crippen MR) is 208 cm³/mol. The van der Waals surface area contributed by atoms with E-state index in [4.69, 9.17) is 18.9 Å². The number of aliphatic hydroxyl groups is 1. The number of carbonyl (C=O) groups is 4. The molecule has 1 amide bonds. The number of carbonyl (C=O) groups excluding carboxylic acids is 4. The second-order valence-corrected chi connectivity index (χ2v) is 16.6. The van der Waals surface area contributed by atoms with Gasteiger partial charge in [-0.2, -0.15) is 0 Å². The molecule has 0 bridgehead atoms. The summed E-state index contributed by atoms with van der Waals surface area (Å²) in [5.41, 5.74) is 1.15. The van der Waals surface area contributed by atoms with E-state index < -0.39 is 78.3 Å². The van der Waals surface area contributed by atoms with Crippen LogP contribution in [-0.4, -0.2) is 123 Å². The molecule has 12 atom stereocenters. The van der Waals surface area contributed by atoms with Crippen molar-refractivity contribution in [2.75, 3.05) is 27.2 Å². The summed E-state index contributed by atoms with van der Waals surface area (Å²) in [4.78, 5) is 68.0. The smallest absolute Gasteiger partial charge is 0.411 e. The molecule has 3 aliphatic heterocycles. The quantitative estimate of drug-likeness (QED) is 0.151. The van der Waals surface area contributed by atoms with E-state index in [1.54, 1.807) is 31.3 Å². The summed E-state index contributed by atoms with van der Waals surface area (Å²) in [6, 6.07) is 2.87. The Morgan fingerprint density at radius 2 is 1.71 bits per heavy atom. The number of ketones is 2. The van der Waals surface area contributed by atoms with Crippen LogP contribution in [0.1, 0.15) is 72.9 Å². The fraction of sp³-hybridized carbons (Fsp3) is 0.667. The van der Waals surface area contributed by atoms with Crippen LogP contribution in [0.25, 0.3) is 11.3 Å². The van der Waals surface area contributed by atoms with Crippen molar-refractivity contribution in [2.24, 2.45) is 29.6 Å². The van der Waals surface area contributed by atoms with E-state index in [0.29, 0.717) is 32.2 Å². The largest absolute Gasteiger partial charge is 0.460 e. The number of hydrogen-bond donors (Lipinski definition) is 1. The number of fused-ring (bicyclic) bond motifs is 1. The Labute approximate surface area is 330 Å². The van der Waals surface area contributed by atoms with Crippen LogP contribution >= 0.6 is 0 Å². The lowest BCUT2D eigenvalue weighted by Gasteiger charge is -2.44. The molecule has 14 nitrogen and oxygen atoms in total. The van der Waals surface area contributed by atoms with Gasteiger partial charge in [-0.1, -0.05) is 34.3 Å². The van der Waals surface area contributed by atoms with Crippen molar-refractivity contribution in [3.8, 4) is 11.3 Å². The first-order chi connectivity index (χ1) is 26.5. The van der Waals surface area contributed by atoms with Gasteiger partial charge in [-0.25, -0.2) is 9.78 Å². The summed E-state index contributed by atoms with van der Waals surface area (Å²) < 4.78 is 26.3. The highest BCUT2D eigenvalue weighted by molar-refractivity contribution is 6.00. The lowest BCUT2D eigenvalue weighted by atomic mass is 9.76. The van der Waals surface area contributed by atoms with Gasteiger partial charge in [-0.05, 0) is 84.7 Å². The molecule has 0 saturated carbocycles. The highest BCUT2D eigenvalue weighted by atomic mass is 16.7. The maximum Gasteiger partial charge on any atom is 0.411 e. The van der Waals surface area contributed by atoms with Crippen molar-refractivity contribution in [3.05, 3.63) is 49.2 Å². The van der Waals surface area contributed by atoms with E-state index in [2.05, 4.69) is 16.5 Å². The molecule has 0 spiro atoms. The summed E-state index contributed by atoms with van der Waals surface area (Å²) in [5, 5.41) is 11.3. The van der Waals surface area contributed by atoms with E-state index in [9.17, 15) is 24.3 Å². The number of hydrogen-bond acceptors (Lipinski definition) is 12. The van der Waals surface area contributed by atoms with Gasteiger partial charge in [0, 0.05) is 60.5 Å². The molecule has 1 N–H and O–H groups in total. The highest BCUT2D eigenvalue weighted by Gasteiger charge is 2.57. The van der Waals surface area contributed by atoms with Crippen LogP contribution in [0.5, 0.6) is 0 Å². The van der Waals surface area contributed by atoms with Crippen LogP contribution in [0.4, 0.5) is 4.79 Å². The van der Waals surface area contributed by atoms with Crippen LogP contribution in [0.15, 0.2) is 43.5 Å². The van der Waals surface area contributed by atoms with E-state index in [0.717, 1.165) is 17.0 Å². The van der Waals surface area contributed by atoms with Crippen LogP contribution < -0.4 is 0 Å². The summed E-state index contributed by atoms with van der Waals surface area (Å²) in [5.74, 6) is -4.91. The molecular weight excluding hydrogens is 718 g/mol. The molecule has 3 aliphatic rings. The summed E-state index contributed by atoms with van der Waals surface area (Å²) >= 11 is 0. The van der Waals surface area contributed by atoms with Crippen molar-refractivity contribution in [2.45, 2.75) is 123 Å². The van der Waals surface area contributed by atoms with Gasteiger partial charge in [0.2, 0.25) is 0 Å². The number of nitrogens with zero attached hydrogens (tertiary/aromatic N) is 5. The SMILES string of the molecule is C=CC12COC(=O)C(C)C(=O)C(C)C(OC3O[C@H](C)C[C@H](N(C)C)[C@H]3O)C(C)CC(C)C(=O)C(C)C1N(CCCCn1cnc(-c3ccc(C)nc3)c1)C(=O)O2. The molecule has 308 valence electrons. The number of aromatic nitrogens is 3. The lowest BCUT2D eigenvalue weighted by molar-refractivity contribution is -0.278. The molecule has 3 saturated heterocycles. The minimum absolute atomic E-state index is 0.113. The average molecular weight is 780 g/mol. The average Bonchev–Trinajstić information content (AvgIpc) is 3.75. The Bertz CT molecular complexity index is 1710. The van der Waals surface area contributed by atoms with Gasteiger partial charge >= 0.3 is 12.1 Å². The van der Waals surface area contributed by atoms with Crippen molar-refractivity contribution in [1.82, 2.24) is 24.3 Å². The Morgan fingerprint density at radius 3 is 2.38 bits per heavy atom. The maximum atomic E-state index is 14.4. The zero-order valence-corrected chi connectivity index (χ0v) is 34.4. The number of amides is 1. The number of aliphatic hydroxyl groups excluding tert-OH is 1. The number of esters is 1. The maximum absolute atomic E-state index is 14.4. The van der Waals surface area contributed by atoms with Crippen LogP contribution in [0, 0.1) is 36.5 Å². The fourth-order valence-electron chi connectivity index (χ4n) is 8.69. The number of imidazole rings is 1. The first-order valence-corrected chi connectivity index (χ1v) is 19.9.